The topological polar surface area (TPSA) is 24.1 Å². The Balaban J connectivity index is 0.000000562. The van der Waals surface area contributed by atoms with E-state index < -0.39 is 0 Å². The normalized spacial score (nSPS) is 26.4. The van der Waals surface area contributed by atoms with E-state index >= 15 is 0 Å². The van der Waals surface area contributed by atoms with Crippen molar-refractivity contribution in [3.63, 3.8) is 0 Å². The highest BCUT2D eigenvalue weighted by Gasteiger charge is 2.32. The maximum Gasteiger partial charge on any atom is 0.0388 e. The number of para-hydroxylation sites is 1. The number of rotatable bonds is 0. The van der Waals surface area contributed by atoms with E-state index in [-0.39, 0.29) is 24.8 Å². The van der Waals surface area contributed by atoms with Gasteiger partial charge in [-0.05, 0) is 30.5 Å². The van der Waals surface area contributed by atoms with E-state index in [1.165, 1.54) is 24.2 Å². The van der Waals surface area contributed by atoms with Gasteiger partial charge in [0.15, 0.2) is 0 Å². The summed E-state index contributed by atoms with van der Waals surface area (Å²) in [7, 11) is 0. The molecule has 0 aromatic heterocycles. The van der Waals surface area contributed by atoms with Crippen LogP contribution < -0.4 is 10.6 Å². The molecule has 1 fully saturated rings. The predicted molar refractivity (Wildman–Crippen MR) is 68.3 cm³/mol. The second-order valence-corrected chi connectivity index (χ2v) is 3.95. The molecule has 0 saturated carbocycles. The van der Waals surface area contributed by atoms with Crippen LogP contribution in [0.25, 0.3) is 0 Å². The van der Waals surface area contributed by atoms with Crippen LogP contribution >= 0.6 is 24.8 Å². The van der Waals surface area contributed by atoms with Gasteiger partial charge >= 0.3 is 0 Å². The lowest BCUT2D eigenvalue weighted by Gasteiger charge is -2.29. The molecule has 1 aromatic rings. The first-order valence-electron chi connectivity index (χ1n) is 5.01. The fraction of sp³-hybridized carbons (Fsp3) is 0.455. The van der Waals surface area contributed by atoms with Crippen molar-refractivity contribution in [2.75, 3.05) is 18.4 Å². The highest BCUT2D eigenvalue weighted by molar-refractivity contribution is 5.85. The van der Waals surface area contributed by atoms with Gasteiger partial charge in [-0.25, -0.2) is 0 Å². The maximum absolute atomic E-state index is 3.57. The number of fused-ring (bicyclic) bond motifs is 3. The molecule has 0 aliphatic carbocycles. The molecule has 2 atom stereocenters. The third-order valence-electron chi connectivity index (χ3n) is 3.20. The Kier molecular flexibility index (Phi) is 4.26. The maximum atomic E-state index is 3.57. The predicted octanol–water partition coefficient (Wildman–Crippen LogP) is 2.61. The van der Waals surface area contributed by atoms with Crippen molar-refractivity contribution in [3.05, 3.63) is 29.8 Å². The van der Waals surface area contributed by atoms with E-state index in [1.807, 2.05) is 0 Å². The molecule has 2 heterocycles. The number of hydrogen-bond donors (Lipinski definition) is 2. The van der Waals surface area contributed by atoms with Crippen molar-refractivity contribution in [3.8, 4) is 0 Å². The van der Waals surface area contributed by atoms with Gasteiger partial charge in [0.2, 0.25) is 0 Å². The SMILES string of the molecule is Cl.Cl.c1ccc2c(c1)NCC1CCNC21. The summed E-state index contributed by atoms with van der Waals surface area (Å²) in [5.74, 6) is 0.801. The minimum atomic E-state index is 0. The molecule has 2 aliphatic rings. The molecule has 15 heavy (non-hydrogen) atoms. The second kappa shape index (κ2) is 5.06. The van der Waals surface area contributed by atoms with Gasteiger partial charge in [-0.3, -0.25) is 0 Å². The van der Waals surface area contributed by atoms with Gasteiger partial charge in [-0.15, -0.1) is 24.8 Å². The van der Waals surface area contributed by atoms with Gasteiger partial charge in [0, 0.05) is 18.3 Å². The summed E-state index contributed by atoms with van der Waals surface area (Å²) < 4.78 is 0. The Hall–Kier alpha value is -0.440. The number of hydrogen-bond acceptors (Lipinski definition) is 2. The molecule has 84 valence electrons. The zero-order chi connectivity index (χ0) is 8.67. The number of halogens is 2. The zero-order valence-electron chi connectivity index (χ0n) is 8.40. The molecule has 1 aromatic carbocycles. The lowest BCUT2D eigenvalue weighted by atomic mass is 9.90. The third kappa shape index (κ3) is 2.07. The number of benzene rings is 1. The first-order valence-corrected chi connectivity index (χ1v) is 5.01. The second-order valence-electron chi connectivity index (χ2n) is 3.95. The first-order chi connectivity index (χ1) is 6.45. The minimum absolute atomic E-state index is 0. The largest absolute Gasteiger partial charge is 0.384 e. The van der Waals surface area contributed by atoms with Crippen LogP contribution in [0.5, 0.6) is 0 Å². The van der Waals surface area contributed by atoms with Gasteiger partial charge in [0.05, 0.1) is 0 Å². The molecule has 0 bridgehead atoms. The Morgan fingerprint density at radius 2 is 1.93 bits per heavy atom. The standard InChI is InChI=1S/C11H14N2.2ClH/c1-2-4-10-9(3-1)11-8(7-13-10)5-6-12-11;;/h1-4,8,11-13H,5-7H2;2*1H. The fourth-order valence-corrected chi connectivity index (χ4v) is 2.51. The van der Waals surface area contributed by atoms with Crippen LogP contribution in [0.3, 0.4) is 0 Å². The molecule has 3 rings (SSSR count). The van der Waals surface area contributed by atoms with Crippen molar-refractivity contribution in [2.45, 2.75) is 12.5 Å². The van der Waals surface area contributed by atoms with Gasteiger partial charge in [-0.2, -0.15) is 0 Å². The Bertz CT molecular complexity index is 330. The molecule has 2 nitrogen and oxygen atoms in total. The molecular weight excluding hydrogens is 231 g/mol. The quantitative estimate of drug-likeness (QED) is 0.736. The van der Waals surface area contributed by atoms with Crippen LogP contribution in [0.1, 0.15) is 18.0 Å². The van der Waals surface area contributed by atoms with Gasteiger partial charge in [0.1, 0.15) is 0 Å². The van der Waals surface area contributed by atoms with Gasteiger partial charge < -0.3 is 10.6 Å². The van der Waals surface area contributed by atoms with Crippen LogP contribution in [0.2, 0.25) is 0 Å². The molecule has 0 spiro atoms. The summed E-state index contributed by atoms with van der Waals surface area (Å²) in [6.07, 6.45) is 1.31. The van der Waals surface area contributed by atoms with Gasteiger partial charge in [-0.1, -0.05) is 18.2 Å². The molecule has 0 radical (unpaired) electrons. The van der Waals surface area contributed by atoms with Crippen molar-refractivity contribution in [1.82, 2.24) is 5.32 Å². The van der Waals surface area contributed by atoms with Crippen molar-refractivity contribution >= 4 is 30.5 Å². The summed E-state index contributed by atoms with van der Waals surface area (Å²) in [4.78, 5) is 0. The van der Waals surface area contributed by atoms with E-state index in [4.69, 9.17) is 0 Å². The molecule has 1 saturated heterocycles. The number of anilines is 1. The highest BCUT2D eigenvalue weighted by Crippen LogP contribution is 2.37. The summed E-state index contributed by atoms with van der Waals surface area (Å²) in [6.45, 7) is 2.31. The van der Waals surface area contributed by atoms with E-state index in [9.17, 15) is 0 Å². The molecular formula is C11H16Cl2N2. The number of nitrogens with one attached hydrogen (secondary N) is 2. The average Bonchev–Trinajstić information content (AvgIpc) is 2.65. The van der Waals surface area contributed by atoms with E-state index in [2.05, 4.69) is 34.9 Å². The summed E-state index contributed by atoms with van der Waals surface area (Å²) in [5, 5.41) is 7.07. The van der Waals surface area contributed by atoms with Crippen LogP contribution in [-0.2, 0) is 0 Å². The highest BCUT2D eigenvalue weighted by atomic mass is 35.5. The van der Waals surface area contributed by atoms with Crippen LogP contribution in [-0.4, -0.2) is 13.1 Å². The Morgan fingerprint density at radius 3 is 2.80 bits per heavy atom. The van der Waals surface area contributed by atoms with E-state index in [1.54, 1.807) is 0 Å². The lowest BCUT2D eigenvalue weighted by molar-refractivity contribution is 0.470. The average molecular weight is 247 g/mol. The smallest absolute Gasteiger partial charge is 0.0388 e. The van der Waals surface area contributed by atoms with E-state index in [0.717, 1.165) is 12.5 Å². The van der Waals surface area contributed by atoms with Crippen molar-refractivity contribution in [2.24, 2.45) is 5.92 Å². The van der Waals surface area contributed by atoms with E-state index in [0.29, 0.717) is 6.04 Å². The van der Waals surface area contributed by atoms with Crippen molar-refractivity contribution < 1.29 is 0 Å². The molecule has 2 aliphatic heterocycles. The van der Waals surface area contributed by atoms with Crippen LogP contribution in [0.15, 0.2) is 24.3 Å². The van der Waals surface area contributed by atoms with Crippen LogP contribution in [0, 0.1) is 5.92 Å². The van der Waals surface area contributed by atoms with Gasteiger partial charge in [0.25, 0.3) is 0 Å². The fourth-order valence-electron chi connectivity index (χ4n) is 2.51. The summed E-state index contributed by atoms with van der Waals surface area (Å²) in [6, 6.07) is 9.24. The zero-order valence-corrected chi connectivity index (χ0v) is 10.0. The summed E-state index contributed by atoms with van der Waals surface area (Å²) >= 11 is 0. The van der Waals surface area contributed by atoms with Crippen molar-refractivity contribution in [1.29, 1.82) is 0 Å². The van der Waals surface area contributed by atoms with Crippen LogP contribution in [0.4, 0.5) is 5.69 Å². The first kappa shape index (κ1) is 12.6. The summed E-state index contributed by atoms with van der Waals surface area (Å²) in [5.41, 5.74) is 2.77. The molecule has 2 N–H and O–H groups in total. The Morgan fingerprint density at radius 1 is 1.13 bits per heavy atom. The molecule has 2 unspecified atom stereocenters. The monoisotopic (exact) mass is 246 g/mol. The molecule has 0 amide bonds. The third-order valence-corrected chi connectivity index (χ3v) is 3.20. The minimum Gasteiger partial charge on any atom is -0.384 e. The molecule has 4 heteroatoms. The Labute approximate surface area is 103 Å². The lowest BCUT2D eigenvalue weighted by Crippen LogP contribution is -2.28.